The van der Waals surface area contributed by atoms with E-state index in [-0.39, 0.29) is 0 Å². The summed E-state index contributed by atoms with van der Waals surface area (Å²) in [7, 11) is 0. The molecular weight excluding hydrogens is 212 g/mol. The molecule has 1 atom stereocenters. The van der Waals surface area contributed by atoms with E-state index in [9.17, 15) is 0 Å². The van der Waals surface area contributed by atoms with Crippen molar-refractivity contribution in [3.05, 3.63) is 23.4 Å². The van der Waals surface area contributed by atoms with Crippen molar-refractivity contribution in [1.29, 1.82) is 0 Å². The molecule has 0 spiro atoms. The normalized spacial score (nSPS) is 23.3. The third-order valence-electron chi connectivity index (χ3n) is 3.14. The van der Waals surface area contributed by atoms with Crippen LogP contribution in [0.25, 0.3) is 5.65 Å². The summed E-state index contributed by atoms with van der Waals surface area (Å²) in [4.78, 5) is 3.98. The second-order valence-electron chi connectivity index (χ2n) is 4.72. The molecule has 15 heavy (non-hydrogen) atoms. The topological polar surface area (TPSA) is 43.1 Å². The fraction of sp³-hybridized carbons (Fsp3) is 0.500. The summed E-state index contributed by atoms with van der Waals surface area (Å²) < 4.78 is 1.94. The Labute approximate surface area is 92.3 Å². The number of nitrogens with zero attached hydrogens (tertiary/aromatic N) is 4. The lowest BCUT2D eigenvalue weighted by atomic mass is 10.1. The van der Waals surface area contributed by atoms with Gasteiger partial charge in [0.15, 0.2) is 10.8 Å². The minimum atomic E-state index is 0.346. The summed E-state index contributed by atoms with van der Waals surface area (Å²) in [5.74, 6) is 1.49. The number of hydrogen-bond acceptors (Lipinski definition) is 3. The Bertz CT molecular complexity index is 531. The van der Waals surface area contributed by atoms with Crippen LogP contribution in [-0.4, -0.2) is 19.6 Å². The van der Waals surface area contributed by atoms with Gasteiger partial charge in [-0.05, 0) is 11.8 Å². The van der Waals surface area contributed by atoms with Gasteiger partial charge in [-0.25, -0.2) is 4.98 Å². The van der Waals surface area contributed by atoms with Crippen molar-refractivity contribution in [3.8, 4) is 0 Å². The van der Waals surface area contributed by atoms with E-state index in [4.69, 9.17) is 11.6 Å². The Morgan fingerprint density at radius 3 is 2.87 bits per heavy atom. The van der Waals surface area contributed by atoms with Gasteiger partial charge < -0.3 is 0 Å². The molecule has 1 saturated carbocycles. The molecule has 0 aliphatic heterocycles. The van der Waals surface area contributed by atoms with Gasteiger partial charge in [0.05, 0.1) is 0 Å². The van der Waals surface area contributed by atoms with Gasteiger partial charge in [-0.1, -0.05) is 25.4 Å². The zero-order chi connectivity index (χ0) is 10.6. The van der Waals surface area contributed by atoms with Crippen LogP contribution in [0.15, 0.2) is 12.4 Å². The zero-order valence-electron chi connectivity index (χ0n) is 8.61. The molecule has 5 heteroatoms. The van der Waals surface area contributed by atoms with E-state index < -0.39 is 0 Å². The van der Waals surface area contributed by atoms with Crippen LogP contribution < -0.4 is 0 Å². The van der Waals surface area contributed by atoms with E-state index in [1.165, 1.54) is 0 Å². The lowest BCUT2D eigenvalue weighted by molar-refractivity contribution is 0.605. The number of aromatic nitrogens is 4. The Balaban J connectivity index is 2.18. The maximum absolute atomic E-state index is 5.93. The van der Waals surface area contributed by atoms with Gasteiger partial charge in [-0.15, -0.1) is 10.2 Å². The van der Waals surface area contributed by atoms with Crippen molar-refractivity contribution in [2.75, 3.05) is 0 Å². The number of fused-ring (bicyclic) bond motifs is 1. The van der Waals surface area contributed by atoms with Crippen LogP contribution in [0.3, 0.4) is 0 Å². The molecule has 0 saturated heterocycles. The van der Waals surface area contributed by atoms with Gasteiger partial charge in [-0.2, -0.15) is 0 Å². The fourth-order valence-electron chi connectivity index (χ4n) is 1.96. The van der Waals surface area contributed by atoms with Crippen LogP contribution in [0.2, 0.25) is 5.15 Å². The third-order valence-corrected chi connectivity index (χ3v) is 3.40. The SMILES string of the molecule is CC1(C)CC1c1nnc2c(Cl)nccn12. The molecular formula is C10H11ClN4. The molecule has 0 N–H and O–H groups in total. The smallest absolute Gasteiger partial charge is 0.198 e. The molecule has 1 aliphatic rings. The zero-order valence-corrected chi connectivity index (χ0v) is 9.36. The van der Waals surface area contributed by atoms with Gasteiger partial charge in [0, 0.05) is 18.3 Å². The standard InChI is InChI=1S/C10H11ClN4/c1-10(2)5-6(10)8-13-14-9-7(11)12-3-4-15(8)9/h3-4,6H,5H2,1-2H3. The van der Waals surface area contributed by atoms with Crippen molar-refractivity contribution in [1.82, 2.24) is 19.6 Å². The molecule has 3 rings (SSSR count). The molecule has 4 nitrogen and oxygen atoms in total. The maximum Gasteiger partial charge on any atom is 0.198 e. The predicted molar refractivity (Wildman–Crippen MR) is 56.9 cm³/mol. The van der Waals surface area contributed by atoms with Crippen LogP contribution in [0, 0.1) is 5.41 Å². The molecule has 78 valence electrons. The first-order valence-corrected chi connectivity index (χ1v) is 5.32. The van der Waals surface area contributed by atoms with Gasteiger partial charge >= 0.3 is 0 Å². The second kappa shape index (κ2) is 2.70. The molecule has 1 fully saturated rings. The van der Waals surface area contributed by atoms with Crippen LogP contribution in [0.5, 0.6) is 0 Å². The summed E-state index contributed by atoms with van der Waals surface area (Å²) in [6.07, 6.45) is 4.70. The first-order valence-electron chi connectivity index (χ1n) is 4.95. The van der Waals surface area contributed by atoms with Crippen molar-refractivity contribution in [3.63, 3.8) is 0 Å². The van der Waals surface area contributed by atoms with Crippen LogP contribution in [0.1, 0.15) is 32.0 Å². The van der Waals surface area contributed by atoms with Crippen molar-refractivity contribution >= 4 is 17.2 Å². The Morgan fingerprint density at radius 1 is 1.47 bits per heavy atom. The molecule has 1 unspecified atom stereocenters. The van der Waals surface area contributed by atoms with Crippen molar-refractivity contribution in [2.45, 2.75) is 26.2 Å². The number of rotatable bonds is 1. The van der Waals surface area contributed by atoms with Gasteiger partial charge in [0.2, 0.25) is 0 Å². The highest BCUT2D eigenvalue weighted by Gasteiger charge is 2.49. The second-order valence-corrected chi connectivity index (χ2v) is 5.07. The summed E-state index contributed by atoms with van der Waals surface area (Å²) in [6.45, 7) is 4.48. The Hall–Kier alpha value is -1.16. The highest BCUT2D eigenvalue weighted by molar-refractivity contribution is 6.32. The lowest BCUT2D eigenvalue weighted by Crippen LogP contribution is -1.97. The monoisotopic (exact) mass is 222 g/mol. The Morgan fingerprint density at radius 2 is 2.20 bits per heavy atom. The summed E-state index contributed by atoms with van der Waals surface area (Å²) in [5, 5.41) is 8.68. The molecule has 0 bridgehead atoms. The average Bonchev–Trinajstić information content (AvgIpc) is 2.62. The summed E-state index contributed by atoms with van der Waals surface area (Å²) >= 11 is 5.93. The minimum Gasteiger partial charge on any atom is -0.282 e. The van der Waals surface area contributed by atoms with Crippen molar-refractivity contribution in [2.24, 2.45) is 5.41 Å². The Kier molecular flexibility index (Phi) is 1.63. The highest BCUT2D eigenvalue weighted by atomic mass is 35.5. The molecule has 2 aromatic rings. The van der Waals surface area contributed by atoms with Gasteiger partial charge in [-0.3, -0.25) is 4.40 Å². The quantitative estimate of drug-likeness (QED) is 0.744. The predicted octanol–water partition coefficient (Wildman–Crippen LogP) is 2.29. The van der Waals surface area contributed by atoms with E-state index in [1.54, 1.807) is 6.20 Å². The highest BCUT2D eigenvalue weighted by Crippen LogP contribution is 2.57. The van der Waals surface area contributed by atoms with Crippen LogP contribution in [0.4, 0.5) is 0 Å². The fourth-order valence-corrected chi connectivity index (χ4v) is 2.14. The van der Waals surface area contributed by atoms with E-state index in [0.29, 0.717) is 22.1 Å². The van der Waals surface area contributed by atoms with Crippen LogP contribution in [-0.2, 0) is 0 Å². The molecule has 0 amide bonds. The van der Waals surface area contributed by atoms with E-state index in [0.717, 1.165) is 12.2 Å². The van der Waals surface area contributed by atoms with E-state index in [2.05, 4.69) is 29.0 Å². The first kappa shape index (κ1) is 9.09. The molecule has 2 heterocycles. The lowest BCUT2D eigenvalue weighted by Gasteiger charge is -2.01. The maximum atomic E-state index is 5.93. The summed E-state index contributed by atoms with van der Waals surface area (Å²) in [5.41, 5.74) is 0.996. The van der Waals surface area contributed by atoms with Gasteiger partial charge in [0.25, 0.3) is 0 Å². The largest absolute Gasteiger partial charge is 0.282 e. The summed E-state index contributed by atoms with van der Waals surface area (Å²) in [6, 6.07) is 0. The minimum absolute atomic E-state index is 0.346. The molecule has 0 aromatic carbocycles. The number of halogens is 1. The first-order chi connectivity index (χ1) is 7.09. The number of hydrogen-bond donors (Lipinski definition) is 0. The average molecular weight is 223 g/mol. The third kappa shape index (κ3) is 1.24. The van der Waals surface area contributed by atoms with E-state index in [1.807, 2.05) is 10.6 Å². The van der Waals surface area contributed by atoms with E-state index >= 15 is 0 Å². The van der Waals surface area contributed by atoms with Gasteiger partial charge in [0.1, 0.15) is 5.82 Å². The van der Waals surface area contributed by atoms with Crippen LogP contribution >= 0.6 is 11.6 Å². The molecule has 1 aliphatic carbocycles. The molecule has 2 aromatic heterocycles. The molecule has 0 radical (unpaired) electrons. The van der Waals surface area contributed by atoms with Crippen molar-refractivity contribution < 1.29 is 0 Å².